The summed E-state index contributed by atoms with van der Waals surface area (Å²) in [5, 5.41) is 0. The molecule has 0 aliphatic heterocycles. The average Bonchev–Trinajstić information content (AvgIpc) is 2.95. The Bertz CT molecular complexity index is 949. The van der Waals surface area contributed by atoms with E-state index in [0.29, 0.717) is 17.6 Å². The molecule has 0 saturated heterocycles. The smallest absolute Gasteiger partial charge is 0.181 e. The molecule has 0 aromatic heterocycles. The molecule has 0 saturated carbocycles. The molecule has 2 nitrogen and oxygen atoms in total. The van der Waals surface area contributed by atoms with Gasteiger partial charge in [-0.2, -0.15) is 0 Å². The van der Waals surface area contributed by atoms with E-state index in [9.17, 15) is 21.6 Å². The van der Waals surface area contributed by atoms with E-state index >= 15 is 0 Å². The molecule has 2 aromatic rings. The first-order chi connectivity index (χ1) is 11.3. The van der Waals surface area contributed by atoms with Gasteiger partial charge in [0.25, 0.3) is 0 Å². The fourth-order valence-corrected chi connectivity index (χ4v) is 3.59. The van der Waals surface area contributed by atoms with Gasteiger partial charge in [0.2, 0.25) is 0 Å². The third-order valence-electron chi connectivity index (χ3n) is 3.77. The molecule has 0 unspecified atom stereocenters. The Morgan fingerprint density at radius 3 is 1.83 bits per heavy atom. The third kappa shape index (κ3) is 3.01. The fourth-order valence-electron chi connectivity index (χ4n) is 2.76. The van der Waals surface area contributed by atoms with Gasteiger partial charge < -0.3 is 0 Å². The average molecular weight is 350 g/mol. The largest absolute Gasteiger partial charge is 0.224 e. The molecule has 0 radical (unpaired) electrons. The summed E-state index contributed by atoms with van der Waals surface area (Å²) in [4.78, 5) is -0.933. The molecule has 0 N–H and O–H groups in total. The van der Waals surface area contributed by atoms with E-state index in [0.717, 1.165) is 24.0 Å². The van der Waals surface area contributed by atoms with Crippen molar-refractivity contribution in [2.75, 3.05) is 6.26 Å². The molecule has 2 aromatic carbocycles. The van der Waals surface area contributed by atoms with Crippen LogP contribution >= 0.6 is 0 Å². The predicted octanol–water partition coefficient (Wildman–Crippen LogP) is 4.38. The first-order valence-corrected chi connectivity index (χ1v) is 9.02. The number of halogens is 3. The first kappa shape index (κ1) is 16.5. The summed E-state index contributed by atoms with van der Waals surface area (Å²) in [7, 11) is -4.00. The maximum absolute atomic E-state index is 14.1. The highest BCUT2D eigenvalue weighted by Gasteiger charge is 2.23. The number of hydrogen-bond acceptors (Lipinski definition) is 2. The second-order valence-corrected chi connectivity index (χ2v) is 7.47. The maximum Gasteiger partial charge on any atom is 0.181 e. The van der Waals surface area contributed by atoms with Crippen LogP contribution in [-0.4, -0.2) is 14.7 Å². The Labute approximate surface area is 137 Å². The van der Waals surface area contributed by atoms with Gasteiger partial charge in [0, 0.05) is 6.26 Å². The minimum absolute atomic E-state index is 0.241. The van der Waals surface area contributed by atoms with E-state index in [4.69, 9.17) is 0 Å². The van der Waals surface area contributed by atoms with Crippen molar-refractivity contribution in [1.82, 2.24) is 0 Å². The lowest BCUT2D eigenvalue weighted by atomic mass is 9.95. The maximum atomic E-state index is 14.1. The Morgan fingerprint density at radius 1 is 0.833 bits per heavy atom. The van der Waals surface area contributed by atoms with Crippen molar-refractivity contribution >= 4 is 21.0 Å². The van der Waals surface area contributed by atoms with Gasteiger partial charge in [-0.15, -0.1) is 0 Å². The van der Waals surface area contributed by atoms with E-state index in [1.807, 2.05) is 6.08 Å². The highest BCUT2D eigenvalue weighted by atomic mass is 32.2. The topological polar surface area (TPSA) is 34.1 Å². The van der Waals surface area contributed by atoms with Crippen LogP contribution in [0.4, 0.5) is 13.2 Å². The molecule has 0 bridgehead atoms. The number of sulfone groups is 1. The van der Waals surface area contributed by atoms with Gasteiger partial charge in [0.15, 0.2) is 9.84 Å². The van der Waals surface area contributed by atoms with Crippen LogP contribution in [0.5, 0.6) is 0 Å². The zero-order valence-corrected chi connectivity index (χ0v) is 13.5. The number of allylic oxidation sites excluding steroid dienone is 4. The van der Waals surface area contributed by atoms with Crippen LogP contribution in [0.1, 0.15) is 17.5 Å². The van der Waals surface area contributed by atoms with Gasteiger partial charge >= 0.3 is 0 Å². The Kier molecular flexibility index (Phi) is 4.09. The van der Waals surface area contributed by atoms with Crippen molar-refractivity contribution in [3.8, 4) is 0 Å². The summed E-state index contributed by atoms with van der Waals surface area (Å²) < 4.78 is 64.3. The molecular formula is C18H13F3O2S. The summed E-state index contributed by atoms with van der Waals surface area (Å²) in [6.45, 7) is 0. The minimum atomic E-state index is -4.00. The van der Waals surface area contributed by atoms with Crippen LogP contribution in [-0.2, 0) is 9.84 Å². The van der Waals surface area contributed by atoms with Crippen molar-refractivity contribution in [1.29, 1.82) is 0 Å². The van der Waals surface area contributed by atoms with Gasteiger partial charge in [-0.05, 0) is 53.0 Å². The summed E-state index contributed by atoms with van der Waals surface area (Å²) in [6, 6.07) is 7.79. The Hall–Kier alpha value is -2.34. The molecule has 0 fully saturated rings. The monoisotopic (exact) mass is 350 g/mol. The van der Waals surface area contributed by atoms with Gasteiger partial charge in [-0.25, -0.2) is 21.6 Å². The van der Waals surface area contributed by atoms with Gasteiger partial charge in [-0.3, -0.25) is 0 Å². The van der Waals surface area contributed by atoms with Crippen LogP contribution in [0.2, 0.25) is 0 Å². The standard InChI is InChI=1S/C18H13F3O2S/c1-24(22,23)18-16(20)9-12(10-17(18)21)15-4-2-3-14(15)11-5-7-13(19)8-6-11/h3-10H,2H2,1H3. The van der Waals surface area contributed by atoms with Crippen LogP contribution in [0.25, 0.3) is 11.1 Å². The van der Waals surface area contributed by atoms with Crippen molar-refractivity contribution in [2.24, 2.45) is 0 Å². The minimum Gasteiger partial charge on any atom is -0.224 e. The summed E-state index contributed by atoms with van der Waals surface area (Å²) in [6.07, 6.45) is 4.97. The van der Waals surface area contributed by atoms with Gasteiger partial charge in [-0.1, -0.05) is 24.3 Å². The van der Waals surface area contributed by atoms with Crippen LogP contribution in [0.3, 0.4) is 0 Å². The number of benzene rings is 2. The highest BCUT2D eigenvalue weighted by molar-refractivity contribution is 7.90. The van der Waals surface area contributed by atoms with E-state index in [-0.39, 0.29) is 11.4 Å². The molecule has 1 aliphatic rings. The molecule has 0 spiro atoms. The molecule has 6 heteroatoms. The van der Waals surface area contributed by atoms with E-state index in [2.05, 4.69) is 0 Å². The zero-order valence-electron chi connectivity index (χ0n) is 12.7. The van der Waals surface area contributed by atoms with Crippen LogP contribution in [0, 0.1) is 17.5 Å². The summed E-state index contributed by atoms with van der Waals surface area (Å²) >= 11 is 0. The summed E-state index contributed by atoms with van der Waals surface area (Å²) in [5.41, 5.74) is 2.26. The van der Waals surface area contributed by atoms with Crippen molar-refractivity contribution < 1.29 is 21.6 Å². The third-order valence-corrected chi connectivity index (χ3v) is 4.90. The van der Waals surface area contributed by atoms with E-state index in [1.54, 1.807) is 18.2 Å². The fraction of sp³-hybridized carbons (Fsp3) is 0.111. The lowest BCUT2D eigenvalue weighted by Crippen LogP contribution is -2.05. The molecule has 0 heterocycles. The SMILES string of the molecule is CS(=O)(=O)c1c(F)cc(C2=CCC=C2c2ccc(F)cc2)cc1F. The van der Waals surface area contributed by atoms with E-state index in [1.165, 1.54) is 12.1 Å². The van der Waals surface area contributed by atoms with Crippen LogP contribution < -0.4 is 0 Å². The molecule has 124 valence electrons. The molecule has 3 rings (SSSR count). The van der Waals surface area contributed by atoms with Gasteiger partial charge in [0.05, 0.1) is 0 Å². The second-order valence-electron chi connectivity index (χ2n) is 5.52. The van der Waals surface area contributed by atoms with Crippen LogP contribution in [0.15, 0.2) is 53.4 Å². The molecule has 24 heavy (non-hydrogen) atoms. The normalized spacial score (nSPS) is 14.5. The first-order valence-electron chi connectivity index (χ1n) is 7.13. The van der Waals surface area contributed by atoms with Crippen molar-refractivity contribution in [3.63, 3.8) is 0 Å². The zero-order chi connectivity index (χ0) is 17.5. The lowest BCUT2D eigenvalue weighted by Gasteiger charge is -2.12. The highest BCUT2D eigenvalue weighted by Crippen LogP contribution is 2.37. The summed E-state index contributed by atoms with van der Waals surface area (Å²) in [5.74, 6) is -2.63. The number of rotatable bonds is 3. The Morgan fingerprint density at radius 2 is 1.33 bits per heavy atom. The predicted molar refractivity (Wildman–Crippen MR) is 86.4 cm³/mol. The van der Waals surface area contributed by atoms with Crippen molar-refractivity contribution in [2.45, 2.75) is 11.3 Å². The quantitative estimate of drug-likeness (QED) is 0.823. The molecular weight excluding hydrogens is 337 g/mol. The van der Waals surface area contributed by atoms with E-state index < -0.39 is 26.4 Å². The lowest BCUT2D eigenvalue weighted by molar-refractivity contribution is 0.521. The molecule has 1 aliphatic carbocycles. The Balaban J connectivity index is 2.07. The number of hydrogen-bond donors (Lipinski definition) is 0. The second kappa shape index (κ2) is 5.94. The van der Waals surface area contributed by atoms with Crippen molar-refractivity contribution in [3.05, 3.63) is 77.1 Å². The molecule has 0 atom stereocenters. The van der Waals surface area contributed by atoms with Gasteiger partial charge in [0.1, 0.15) is 22.3 Å². The molecule has 0 amide bonds.